The largest absolute Gasteiger partial charge is 0.451 e. The molecule has 0 radical (unpaired) electrons. The third-order valence-electron chi connectivity index (χ3n) is 4.34. The second-order valence-electron chi connectivity index (χ2n) is 6.36. The lowest BCUT2D eigenvalue weighted by Crippen LogP contribution is -2.35. The summed E-state index contributed by atoms with van der Waals surface area (Å²) in [6, 6.07) is 13.8. The molecule has 0 saturated carbocycles. The molecular formula is C21H20N4O5. The lowest BCUT2D eigenvalue weighted by Gasteiger charge is -2.10. The molecule has 1 aromatic heterocycles. The van der Waals surface area contributed by atoms with Crippen LogP contribution in [0.1, 0.15) is 23.0 Å². The van der Waals surface area contributed by atoms with Gasteiger partial charge in [-0.25, -0.2) is 9.89 Å². The Bertz CT molecular complexity index is 1160. The molecule has 0 spiro atoms. The van der Waals surface area contributed by atoms with Crippen molar-refractivity contribution in [3.05, 3.63) is 70.1 Å². The number of amides is 2. The van der Waals surface area contributed by atoms with Gasteiger partial charge in [0.15, 0.2) is 12.3 Å². The molecule has 30 heavy (non-hydrogen) atoms. The van der Waals surface area contributed by atoms with Crippen molar-refractivity contribution in [2.45, 2.75) is 13.3 Å². The van der Waals surface area contributed by atoms with Crippen LogP contribution in [0.15, 0.2) is 53.3 Å². The van der Waals surface area contributed by atoms with Crippen LogP contribution >= 0.6 is 0 Å². The molecule has 0 atom stereocenters. The zero-order chi connectivity index (χ0) is 21.5. The first-order chi connectivity index (χ1) is 14.5. The van der Waals surface area contributed by atoms with Gasteiger partial charge in [-0.2, -0.15) is 5.10 Å². The molecule has 2 aromatic carbocycles. The molecule has 0 saturated heterocycles. The number of rotatable bonds is 7. The molecule has 2 amide bonds. The molecule has 1 heterocycles. The highest BCUT2D eigenvalue weighted by atomic mass is 16.5. The van der Waals surface area contributed by atoms with Crippen molar-refractivity contribution >= 4 is 34.2 Å². The number of aromatic nitrogens is 2. The zero-order valence-electron chi connectivity index (χ0n) is 16.2. The Hall–Kier alpha value is -4.01. The molecule has 3 aromatic rings. The number of esters is 1. The van der Waals surface area contributed by atoms with Crippen LogP contribution in [0.2, 0.25) is 0 Å². The molecule has 154 valence electrons. The van der Waals surface area contributed by atoms with Gasteiger partial charge in [-0.1, -0.05) is 43.3 Å². The van der Waals surface area contributed by atoms with Gasteiger partial charge in [-0.3, -0.25) is 14.4 Å². The van der Waals surface area contributed by atoms with Crippen molar-refractivity contribution in [1.82, 2.24) is 15.5 Å². The van der Waals surface area contributed by atoms with Gasteiger partial charge in [0.05, 0.1) is 11.9 Å². The Kier molecular flexibility index (Phi) is 6.53. The molecule has 9 nitrogen and oxygen atoms in total. The van der Waals surface area contributed by atoms with E-state index in [4.69, 9.17) is 4.74 Å². The monoisotopic (exact) mass is 408 g/mol. The van der Waals surface area contributed by atoms with Crippen molar-refractivity contribution in [2.75, 3.05) is 18.5 Å². The SMILES string of the molecule is CCc1ccccc1NC(=O)CNC(=O)COC(=O)c1n[nH]c(=O)c2ccccc12. The smallest absolute Gasteiger partial charge is 0.359 e. The normalized spacial score (nSPS) is 10.4. The van der Waals surface area contributed by atoms with Gasteiger partial charge in [0, 0.05) is 11.1 Å². The average Bonchev–Trinajstić information content (AvgIpc) is 2.77. The summed E-state index contributed by atoms with van der Waals surface area (Å²) in [5, 5.41) is 11.7. The number of anilines is 1. The highest BCUT2D eigenvalue weighted by Gasteiger charge is 2.17. The highest BCUT2D eigenvalue weighted by Crippen LogP contribution is 2.15. The van der Waals surface area contributed by atoms with E-state index in [9.17, 15) is 19.2 Å². The summed E-state index contributed by atoms with van der Waals surface area (Å²) in [5.41, 5.74) is 1.12. The Morgan fingerprint density at radius 2 is 1.70 bits per heavy atom. The zero-order valence-corrected chi connectivity index (χ0v) is 16.2. The number of nitrogens with one attached hydrogen (secondary N) is 3. The van der Waals surface area contributed by atoms with E-state index in [-0.39, 0.29) is 17.6 Å². The topological polar surface area (TPSA) is 130 Å². The van der Waals surface area contributed by atoms with Crippen LogP contribution in [0.4, 0.5) is 5.69 Å². The molecule has 0 aliphatic carbocycles. The van der Waals surface area contributed by atoms with Gasteiger partial charge in [-0.05, 0) is 24.1 Å². The van der Waals surface area contributed by atoms with Crippen molar-refractivity contribution < 1.29 is 19.1 Å². The highest BCUT2D eigenvalue weighted by molar-refractivity contribution is 6.02. The van der Waals surface area contributed by atoms with Crippen molar-refractivity contribution in [3.63, 3.8) is 0 Å². The predicted octanol–water partition coefficient (Wildman–Crippen LogP) is 1.40. The van der Waals surface area contributed by atoms with Crippen LogP contribution in [0, 0.1) is 0 Å². The van der Waals surface area contributed by atoms with Gasteiger partial charge in [0.1, 0.15) is 0 Å². The van der Waals surface area contributed by atoms with E-state index in [1.54, 1.807) is 36.4 Å². The number of hydrogen-bond donors (Lipinski definition) is 3. The summed E-state index contributed by atoms with van der Waals surface area (Å²) >= 11 is 0. The molecule has 0 aliphatic rings. The Morgan fingerprint density at radius 1 is 1.00 bits per heavy atom. The van der Waals surface area contributed by atoms with Crippen LogP contribution in [-0.4, -0.2) is 41.1 Å². The maximum absolute atomic E-state index is 12.3. The number of hydrogen-bond acceptors (Lipinski definition) is 6. The second kappa shape index (κ2) is 9.46. The Morgan fingerprint density at radius 3 is 2.47 bits per heavy atom. The van der Waals surface area contributed by atoms with Crippen molar-refractivity contribution in [3.8, 4) is 0 Å². The number of benzene rings is 2. The quantitative estimate of drug-likeness (QED) is 0.507. The molecular weight excluding hydrogens is 388 g/mol. The third kappa shape index (κ3) is 4.88. The van der Waals surface area contributed by atoms with Gasteiger partial charge >= 0.3 is 5.97 Å². The van der Waals surface area contributed by atoms with Crippen LogP contribution in [0.3, 0.4) is 0 Å². The van der Waals surface area contributed by atoms with E-state index in [1.807, 2.05) is 19.1 Å². The van der Waals surface area contributed by atoms with Crippen LogP contribution < -0.4 is 16.2 Å². The lowest BCUT2D eigenvalue weighted by molar-refractivity contribution is -0.126. The van der Waals surface area contributed by atoms with E-state index in [0.717, 1.165) is 12.0 Å². The fraction of sp³-hybridized carbons (Fsp3) is 0.190. The van der Waals surface area contributed by atoms with E-state index in [0.29, 0.717) is 11.1 Å². The molecule has 0 bridgehead atoms. The van der Waals surface area contributed by atoms with Crippen LogP contribution in [0.5, 0.6) is 0 Å². The molecule has 0 fully saturated rings. The van der Waals surface area contributed by atoms with Crippen molar-refractivity contribution in [2.24, 2.45) is 0 Å². The summed E-state index contributed by atoms with van der Waals surface area (Å²) in [7, 11) is 0. The maximum Gasteiger partial charge on any atom is 0.359 e. The maximum atomic E-state index is 12.3. The summed E-state index contributed by atoms with van der Waals surface area (Å²) in [5.74, 6) is -1.90. The number of nitrogens with zero attached hydrogens (tertiary/aromatic N) is 1. The van der Waals surface area contributed by atoms with Crippen molar-refractivity contribution in [1.29, 1.82) is 0 Å². The predicted molar refractivity (Wildman–Crippen MR) is 110 cm³/mol. The molecule has 3 N–H and O–H groups in total. The number of aryl methyl sites for hydroxylation is 1. The average molecular weight is 408 g/mol. The number of ether oxygens (including phenoxy) is 1. The summed E-state index contributed by atoms with van der Waals surface area (Å²) in [6.45, 7) is 1.11. The van der Waals surface area contributed by atoms with Crippen LogP contribution in [-0.2, 0) is 20.7 Å². The molecule has 3 rings (SSSR count). The van der Waals surface area contributed by atoms with Gasteiger partial charge < -0.3 is 15.4 Å². The number of carbonyl (C=O) groups excluding carboxylic acids is 3. The fourth-order valence-corrected chi connectivity index (χ4v) is 2.84. The summed E-state index contributed by atoms with van der Waals surface area (Å²) in [6.07, 6.45) is 0.756. The van der Waals surface area contributed by atoms with Gasteiger partial charge in [-0.15, -0.1) is 0 Å². The van der Waals surface area contributed by atoms with E-state index < -0.39 is 29.9 Å². The first kappa shape index (κ1) is 20.7. The summed E-state index contributed by atoms with van der Waals surface area (Å²) in [4.78, 5) is 48.0. The third-order valence-corrected chi connectivity index (χ3v) is 4.34. The van der Waals surface area contributed by atoms with Crippen LogP contribution in [0.25, 0.3) is 10.8 Å². The number of carbonyl (C=O) groups is 3. The van der Waals surface area contributed by atoms with Gasteiger partial charge in [0.2, 0.25) is 5.91 Å². The number of fused-ring (bicyclic) bond motifs is 1. The number of H-pyrrole nitrogens is 1. The standard InChI is InChI=1S/C21H20N4O5/c1-2-13-7-3-6-10-16(13)23-17(26)11-22-18(27)12-30-21(29)19-14-8-4-5-9-15(14)20(28)25-24-19/h3-10H,2,11-12H2,1H3,(H,22,27)(H,23,26)(H,25,28). The van der Waals surface area contributed by atoms with E-state index in [1.165, 1.54) is 0 Å². The fourth-order valence-electron chi connectivity index (χ4n) is 2.84. The lowest BCUT2D eigenvalue weighted by atomic mass is 10.1. The first-order valence-corrected chi connectivity index (χ1v) is 9.28. The minimum Gasteiger partial charge on any atom is -0.451 e. The van der Waals surface area contributed by atoms with E-state index >= 15 is 0 Å². The number of aromatic amines is 1. The molecule has 0 aliphatic heterocycles. The Labute approximate surface area is 171 Å². The molecule has 9 heteroatoms. The molecule has 0 unspecified atom stereocenters. The minimum absolute atomic E-state index is 0.105. The minimum atomic E-state index is -0.862. The first-order valence-electron chi connectivity index (χ1n) is 9.28. The van der Waals surface area contributed by atoms with Gasteiger partial charge in [0.25, 0.3) is 11.5 Å². The summed E-state index contributed by atoms with van der Waals surface area (Å²) < 4.78 is 4.96. The second-order valence-corrected chi connectivity index (χ2v) is 6.36. The van der Waals surface area contributed by atoms with E-state index in [2.05, 4.69) is 20.8 Å². The Balaban J connectivity index is 1.52. The number of para-hydroxylation sites is 1.